The summed E-state index contributed by atoms with van der Waals surface area (Å²) in [6, 6.07) is 7.32. The van der Waals surface area contributed by atoms with Crippen LogP contribution in [0.1, 0.15) is 43.2 Å². The van der Waals surface area contributed by atoms with Gasteiger partial charge in [-0.1, -0.05) is 25.3 Å². The van der Waals surface area contributed by atoms with E-state index < -0.39 is 0 Å². The van der Waals surface area contributed by atoms with E-state index in [2.05, 4.69) is 28.4 Å². The van der Waals surface area contributed by atoms with E-state index in [-0.39, 0.29) is 24.8 Å². The zero-order valence-corrected chi connectivity index (χ0v) is 16.8. The van der Waals surface area contributed by atoms with Crippen LogP contribution in [0, 0.1) is 0 Å². The maximum atomic E-state index is 5.56. The van der Waals surface area contributed by atoms with E-state index in [1.54, 1.807) is 7.11 Å². The predicted molar refractivity (Wildman–Crippen MR) is 107 cm³/mol. The van der Waals surface area contributed by atoms with Crippen molar-refractivity contribution >= 4 is 24.8 Å². The molecule has 1 aromatic carbocycles. The van der Waals surface area contributed by atoms with E-state index in [4.69, 9.17) is 9.47 Å². The summed E-state index contributed by atoms with van der Waals surface area (Å²) in [6.07, 6.45) is 6.82. The number of halogens is 2. The zero-order valence-electron chi connectivity index (χ0n) is 15.2. The number of methoxy groups -OCH3 is 1. The Bertz CT molecular complexity index is 490. The minimum Gasteiger partial charge on any atom is -0.496 e. The summed E-state index contributed by atoms with van der Waals surface area (Å²) in [5, 5.41) is 3.73. The number of rotatable bonds is 6. The van der Waals surface area contributed by atoms with E-state index >= 15 is 0 Å². The largest absolute Gasteiger partial charge is 0.496 e. The molecule has 144 valence electrons. The molecule has 1 aliphatic heterocycles. The van der Waals surface area contributed by atoms with Gasteiger partial charge in [0.05, 0.1) is 20.3 Å². The summed E-state index contributed by atoms with van der Waals surface area (Å²) < 4.78 is 11.0. The van der Waals surface area contributed by atoms with Gasteiger partial charge < -0.3 is 14.8 Å². The van der Waals surface area contributed by atoms with Gasteiger partial charge in [-0.05, 0) is 30.5 Å². The first-order chi connectivity index (χ1) is 11.3. The van der Waals surface area contributed by atoms with Crippen LogP contribution < -0.4 is 10.1 Å². The quantitative estimate of drug-likeness (QED) is 0.800. The molecular formula is C19H32Cl2N2O2. The van der Waals surface area contributed by atoms with Crippen molar-refractivity contribution in [1.29, 1.82) is 0 Å². The highest BCUT2D eigenvalue weighted by Gasteiger charge is 2.15. The van der Waals surface area contributed by atoms with Crippen LogP contribution in [0.5, 0.6) is 5.75 Å². The highest BCUT2D eigenvalue weighted by molar-refractivity contribution is 5.85. The first-order valence-electron chi connectivity index (χ1n) is 9.04. The molecule has 2 fully saturated rings. The fourth-order valence-corrected chi connectivity index (χ4v) is 3.63. The van der Waals surface area contributed by atoms with Crippen molar-refractivity contribution in [2.24, 2.45) is 0 Å². The lowest BCUT2D eigenvalue weighted by molar-refractivity contribution is 0.0339. The van der Waals surface area contributed by atoms with Crippen molar-refractivity contribution in [3.8, 4) is 5.75 Å². The average Bonchev–Trinajstić information content (AvgIpc) is 2.62. The van der Waals surface area contributed by atoms with Gasteiger partial charge in [-0.15, -0.1) is 24.8 Å². The molecule has 0 amide bonds. The van der Waals surface area contributed by atoms with Gasteiger partial charge in [-0.3, -0.25) is 4.90 Å². The van der Waals surface area contributed by atoms with Crippen molar-refractivity contribution in [3.05, 3.63) is 29.3 Å². The SMILES string of the molecule is COc1ccc(CNC2CCCCC2)cc1CN1CCOCC1.Cl.Cl. The highest BCUT2D eigenvalue weighted by Crippen LogP contribution is 2.23. The molecule has 1 N–H and O–H groups in total. The van der Waals surface area contributed by atoms with Crippen molar-refractivity contribution in [2.45, 2.75) is 51.2 Å². The van der Waals surface area contributed by atoms with Gasteiger partial charge in [-0.25, -0.2) is 0 Å². The molecule has 0 radical (unpaired) electrons. The Hall–Kier alpha value is -0.520. The van der Waals surface area contributed by atoms with Crippen molar-refractivity contribution in [1.82, 2.24) is 10.2 Å². The molecule has 25 heavy (non-hydrogen) atoms. The van der Waals surface area contributed by atoms with Crippen LogP contribution in [0.4, 0.5) is 0 Å². The molecular weight excluding hydrogens is 359 g/mol. The van der Waals surface area contributed by atoms with E-state index in [1.165, 1.54) is 43.2 Å². The number of morpholine rings is 1. The van der Waals surface area contributed by atoms with Crippen LogP contribution >= 0.6 is 24.8 Å². The van der Waals surface area contributed by atoms with Gasteiger partial charge >= 0.3 is 0 Å². The fraction of sp³-hybridized carbons (Fsp3) is 0.684. The molecule has 0 bridgehead atoms. The number of nitrogens with one attached hydrogen (secondary N) is 1. The Balaban J connectivity index is 0.00000156. The van der Waals surface area contributed by atoms with E-state index in [0.29, 0.717) is 6.04 Å². The summed E-state index contributed by atoms with van der Waals surface area (Å²) in [4.78, 5) is 2.44. The van der Waals surface area contributed by atoms with Gasteiger partial charge in [0.2, 0.25) is 0 Å². The molecule has 0 atom stereocenters. The lowest BCUT2D eigenvalue weighted by Gasteiger charge is -2.27. The first-order valence-corrected chi connectivity index (χ1v) is 9.04. The summed E-state index contributed by atoms with van der Waals surface area (Å²) in [6.45, 7) is 5.60. The molecule has 1 heterocycles. The van der Waals surface area contributed by atoms with Crippen LogP contribution in [-0.2, 0) is 17.8 Å². The van der Waals surface area contributed by atoms with Crippen LogP contribution in [0.3, 0.4) is 0 Å². The zero-order chi connectivity index (χ0) is 15.9. The lowest BCUT2D eigenvalue weighted by atomic mass is 9.95. The Morgan fingerprint density at radius 1 is 1.12 bits per heavy atom. The third-order valence-electron chi connectivity index (χ3n) is 5.04. The van der Waals surface area contributed by atoms with Crippen molar-refractivity contribution in [2.75, 3.05) is 33.4 Å². The van der Waals surface area contributed by atoms with Crippen molar-refractivity contribution < 1.29 is 9.47 Å². The Kier molecular flexibility index (Phi) is 10.8. The maximum absolute atomic E-state index is 5.56. The van der Waals surface area contributed by atoms with Crippen molar-refractivity contribution in [3.63, 3.8) is 0 Å². The number of benzene rings is 1. The summed E-state index contributed by atoms with van der Waals surface area (Å²) >= 11 is 0. The average molecular weight is 391 g/mol. The lowest BCUT2D eigenvalue weighted by Crippen LogP contribution is -2.35. The van der Waals surface area contributed by atoms with Gasteiger partial charge in [0.25, 0.3) is 0 Å². The monoisotopic (exact) mass is 390 g/mol. The van der Waals surface area contributed by atoms with E-state index in [9.17, 15) is 0 Å². The molecule has 2 aliphatic rings. The number of ether oxygens (including phenoxy) is 2. The Morgan fingerprint density at radius 2 is 1.84 bits per heavy atom. The highest BCUT2D eigenvalue weighted by atomic mass is 35.5. The van der Waals surface area contributed by atoms with E-state index in [0.717, 1.165) is 45.1 Å². The predicted octanol–water partition coefficient (Wildman–Crippen LogP) is 3.79. The first kappa shape index (κ1) is 22.5. The number of hydrogen-bond acceptors (Lipinski definition) is 4. The molecule has 0 unspecified atom stereocenters. The van der Waals surface area contributed by atoms with Crippen LogP contribution in [0.2, 0.25) is 0 Å². The molecule has 1 aromatic rings. The summed E-state index contributed by atoms with van der Waals surface area (Å²) in [7, 11) is 1.76. The van der Waals surface area contributed by atoms with Gasteiger partial charge in [0, 0.05) is 37.8 Å². The van der Waals surface area contributed by atoms with E-state index in [1.807, 2.05) is 0 Å². The second-order valence-corrected chi connectivity index (χ2v) is 6.75. The second kappa shape index (κ2) is 12.0. The Morgan fingerprint density at radius 3 is 2.52 bits per heavy atom. The smallest absolute Gasteiger partial charge is 0.123 e. The number of hydrogen-bond donors (Lipinski definition) is 1. The third-order valence-corrected chi connectivity index (χ3v) is 5.04. The van der Waals surface area contributed by atoms with Crippen LogP contribution in [0.15, 0.2) is 18.2 Å². The topological polar surface area (TPSA) is 33.7 Å². The molecule has 4 nitrogen and oxygen atoms in total. The normalized spacial score (nSPS) is 18.9. The molecule has 1 aliphatic carbocycles. The maximum Gasteiger partial charge on any atom is 0.123 e. The molecule has 0 spiro atoms. The Labute approximate surface area is 164 Å². The molecule has 3 rings (SSSR count). The molecule has 1 saturated carbocycles. The number of nitrogens with zero attached hydrogens (tertiary/aromatic N) is 1. The standard InChI is InChI=1S/C19H30N2O2.2ClH/c1-22-19-8-7-16(14-20-18-5-3-2-4-6-18)13-17(19)15-21-9-11-23-12-10-21;;/h7-8,13,18,20H,2-6,9-12,14-15H2,1H3;2*1H. The minimum absolute atomic E-state index is 0. The van der Waals surface area contributed by atoms with Gasteiger partial charge in [0.15, 0.2) is 0 Å². The van der Waals surface area contributed by atoms with Gasteiger partial charge in [-0.2, -0.15) is 0 Å². The molecule has 6 heteroatoms. The summed E-state index contributed by atoms with van der Waals surface area (Å²) in [5.74, 6) is 0.998. The van der Waals surface area contributed by atoms with Crippen LogP contribution in [-0.4, -0.2) is 44.4 Å². The molecule has 1 saturated heterocycles. The molecule has 0 aromatic heterocycles. The fourth-order valence-electron chi connectivity index (χ4n) is 3.63. The summed E-state index contributed by atoms with van der Waals surface area (Å²) in [5.41, 5.74) is 2.65. The third kappa shape index (κ3) is 6.95. The van der Waals surface area contributed by atoms with Crippen LogP contribution in [0.25, 0.3) is 0 Å². The van der Waals surface area contributed by atoms with Gasteiger partial charge in [0.1, 0.15) is 5.75 Å². The second-order valence-electron chi connectivity index (χ2n) is 6.75. The minimum atomic E-state index is 0.